The van der Waals surface area contributed by atoms with Crippen molar-refractivity contribution in [3.63, 3.8) is 0 Å². The molecule has 0 aliphatic heterocycles. The first-order valence-electron chi connectivity index (χ1n) is 8.04. The minimum absolute atomic E-state index is 0.334. The highest BCUT2D eigenvalue weighted by atomic mass is 79.9. The van der Waals surface area contributed by atoms with Gasteiger partial charge < -0.3 is 15.8 Å². The number of amides is 2. The van der Waals surface area contributed by atoms with Crippen molar-refractivity contribution >= 4 is 44.1 Å². The van der Waals surface area contributed by atoms with Crippen LogP contribution in [0.2, 0.25) is 0 Å². The summed E-state index contributed by atoms with van der Waals surface area (Å²) in [6.07, 6.45) is 1.52. The largest absolute Gasteiger partial charge is 0.493 e. The molecule has 0 atom stereocenters. The molecule has 0 spiro atoms. The lowest BCUT2D eigenvalue weighted by molar-refractivity contribution is 0.100. The Balaban J connectivity index is 2.38. The van der Waals surface area contributed by atoms with Crippen LogP contribution in [-0.4, -0.2) is 18.4 Å². The van der Waals surface area contributed by atoms with E-state index in [1.807, 2.05) is 26.8 Å². The number of ether oxygens (including phenoxy) is 1. The zero-order valence-electron chi connectivity index (χ0n) is 14.4. The van der Waals surface area contributed by atoms with E-state index in [1.54, 1.807) is 12.1 Å². The predicted molar refractivity (Wildman–Crippen MR) is 105 cm³/mol. The van der Waals surface area contributed by atoms with Crippen LogP contribution in [0.3, 0.4) is 0 Å². The highest BCUT2D eigenvalue weighted by molar-refractivity contribution is 9.10. The topological polar surface area (TPSA) is 81.4 Å². The van der Waals surface area contributed by atoms with Crippen LogP contribution in [-0.2, 0) is 6.42 Å². The van der Waals surface area contributed by atoms with E-state index in [9.17, 15) is 9.59 Å². The Kier molecular flexibility index (Phi) is 6.61. The van der Waals surface area contributed by atoms with Crippen LogP contribution in [0, 0.1) is 6.92 Å². The highest BCUT2D eigenvalue weighted by Gasteiger charge is 2.22. The van der Waals surface area contributed by atoms with Crippen molar-refractivity contribution in [1.29, 1.82) is 0 Å². The van der Waals surface area contributed by atoms with Crippen LogP contribution in [0.4, 0.5) is 5.00 Å². The molecule has 0 bridgehead atoms. The Morgan fingerprint density at radius 3 is 2.64 bits per heavy atom. The number of thiophene rings is 1. The number of hydrogen-bond acceptors (Lipinski definition) is 4. The molecule has 1 heterocycles. The Morgan fingerprint density at radius 1 is 1.32 bits per heavy atom. The minimum Gasteiger partial charge on any atom is -0.493 e. The van der Waals surface area contributed by atoms with Gasteiger partial charge >= 0.3 is 0 Å². The summed E-state index contributed by atoms with van der Waals surface area (Å²) in [5, 5.41) is 3.31. The SMILES string of the molecule is CCCOc1ccc(Br)cc1C(=O)Nc1sc(C)c(CC)c1C(N)=O. The molecule has 0 saturated carbocycles. The first-order chi connectivity index (χ1) is 11.9. The zero-order valence-corrected chi connectivity index (χ0v) is 16.8. The van der Waals surface area contributed by atoms with Crippen LogP contribution in [0.15, 0.2) is 22.7 Å². The van der Waals surface area contributed by atoms with Gasteiger partial charge in [-0.25, -0.2) is 0 Å². The second kappa shape index (κ2) is 8.49. The first kappa shape index (κ1) is 19.5. The number of rotatable bonds is 7. The van der Waals surface area contributed by atoms with Crippen molar-refractivity contribution in [2.24, 2.45) is 5.73 Å². The van der Waals surface area contributed by atoms with Crippen molar-refractivity contribution in [2.45, 2.75) is 33.6 Å². The summed E-state index contributed by atoms with van der Waals surface area (Å²) >= 11 is 4.74. The highest BCUT2D eigenvalue weighted by Crippen LogP contribution is 2.34. The Morgan fingerprint density at radius 2 is 2.04 bits per heavy atom. The summed E-state index contributed by atoms with van der Waals surface area (Å²) < 4.78 is 6.43. The number of carbonyl (C=O) groups is 2. The van der Waals surface area contributed by atoms with E-state index in [-0.39, 0.29) is 5.91 Å². The van der Waals surface area contributed by atoms with Crippen molar-refractivity contribution in [3.05, 3.63) is 44.2 Å². The van der Waals surface area contributed by atoms with Gasteiger partial charge in [-0.2, -0.15) is 0 Å². The van der Waals surface area contributed by atoms with E-state index in [0.717, 1.165) is 21.3 Å². The fourth-order valence-electron chi connectivity index (χ4n) is 2.54. The molecule has 0 fully saturated rings. The molecule has 2 aromatic rings. The maximum atomic E-state index is 12.8. The summed E-state index contributed by atoms with van der Waals surface area (Å²) in [6, 6.07) is 5.27. The molecule has 134 valence electrons. The maximum Gasteiger partial charge on any atom is 0.260 e. The third kappa shape index (κ3) is 4.41. The lowest BCUT2D eigenvalue weighted by Gasteiger charge is -2.12. The van der Waals surface area contributed by atoms with Crippen molar-refractivity contribution in [1.82, 2.24) is 0 Å². The average molecular weight is 425 g/mol. The van der Waals surface area contributed by atoms with E-state index in [4.69, 9.17) is 10.5 Å². The van der Waals surface area contributed by atoms with Crippen LogP contribution in [0.1, 0.15) is 51.4 Å². The third-order valence-electron chi connectivity index (χ3n) is 3.68. The van der Waals surface area contributed by atoms with Crippen LogP contribution in [0.25, 0.3) is 0 Å². The second-order valence-electron chi connectivity index (χ2n) is 5.50. The van der Waals surface area contributed by atoms with Crippen LogP contribution in [0.5, 0.6) is 5.75 Å². The Bertz CT molecular complexity index is 802. The van der Waals surface area contributed by atoms with E-state index in [1.165, 1.54) is 11.3 Å². The summed E-state index contributed by atoms with van der Waals surface area (Å²) in [7, 11) is 0. The number of nitrogens with two attached hydrogens (primary N) is 1. The van der Waals surface area contributed by atoms with Gasteiger partial charge in [0.25, 0.3) is 11.8 Å². The van der Waals surface area contributed by atoms with Crippen molar-refractivity contribution < 1.29 is 14.3 Å². The lowest BCUT2D eigenvalue weighted by atomic mass is 10.1. The van der Waals surface area contributed by atoms with Gasteiger partial charge in [-0.15, -0.1) is 11.3 Å². The molecule has 0 saturated heterocycles. The van der Waals surface area contributed by atoms with Gasteiger partial charge in [0.15, 0.2) is 0 Å². The Hall–Kier alpha value is -1.86. The number of hydrogen-bond donors (Lipinski definition) is 2. The summed E-state index contributed by atoms with van der Waals surface area (Å²) in [5.41, 5.74) is 7.20. The van der Waals surface area contributed by atoms with Gasteiger partial charge in [-0.05, 0) is 43.5 Å². The van der Waals surface area contributed by atoms with Crippen molar-refractivity contribution in [3.8, 4) is 5.75 Å². The average Bonchev–Trinajstić information content (AvgIpc) is 2.88. The third-order valence-corrected chi connectivity index (χ3v) is 5.24. The number of benzene rings is 1. The number of nitrogens with one attached hydrogen (secondary N) is 1. The minimum atomic E-state index is -0.534. The predicted octanol–water partition coefficient (Wildman–Crippen LogP) is 4.52. The van der Waals surface area contributed by atoms with E-state index >= 15 is 0 Å². The zero-order chi connectivity index (χ0) is 18.6. The number of anilines is 1. The molecule has 1 aromatic carbocycles. The fourth-order valence-corrected chi connectivity index (χ4v) is 4.05. The molecule has 7 heteroatoms. The molecule has 1 aromatic heterocycles. The smallest absolute Gasteiger partial charge is 0.260 e. The van der Waals surface area contributed by atoms with Crippen molar-refractivity contribution in [2.75, 3.05) is 11.9 Å². The van der Waals surface area contributed by atoms with E-state index in [0.29, 0.717) is 34.9 Å². The standard InChI is InChI=1S/C18H21BrN2O3S/c1-4-8-24-14-7-6-11(19)9-13(14)17(23)21-18-15(16(20)22)12(5-2)10(3)25-18/h6-7,9H,4-5,8H2,1-3H3,(H2,20,22)(H,21,23). The van der Waals surface area contributed by atoms with E-state index in [2.05, 4.69) is 21.2 Å². The molecule has 3 N–H and O–H groups in total. The molecule has 0 unspecified atom stereocenters. The number of primary amides is 1. The number of aryl methyl sites for hydroxylation is 1. The molecule has 5 nitrogen and oxygen atoms in total. The van der Waals surface area contributed by atoms with E-state index < -0.39 is 5.91 Å². The van der Waals surface area contributed by atoms with Gasteiger partial charge in [0.1, 0.15) is 10.8 Å². The van der Waals surface area contributed by atoms with Crippen LogP contribution < -0.4 is 15.8 Å². The number of carbonyl (C=O) groups excluding carboxylic acids is 2. The molecule has 2 amide bonds. The molecular formula is C18H21BrN2O3S. The molecule has 0 aliphatic carbocycles. The summed E-state index contributed by atoms with van der Waals surface area (Å²) in [4.78, 5) is 25.6. The summed E-state index contributed by atoms with van der Waals surface area (Å²) in [5.74, 6) is -0.362. The molecule has 2 rings (SSSR count). The molecule has 25 heavy (non-hydrogen) atoms. The lowest BCUT2D eigenvalue weighted by Crippen LogP contribution is -2.18. The normalized spacial score (nSPS) is 10.6. The van der Waals surface area contributed by atoms with Gasteiger partial charge in [0, 0.05) is 9.35 Å². The summed E-state index contributed by atoms with van der Waals surface area (Å²) in [6.45, 7) is 6.39. The second-order valence-corrected chi connectivity index (χ2v) is 7.64. The Labute approximate surface area is 159 Å². The molecular weight excluding hydrogens is 404 g/mol. The van der Waals surface area contributed by atoms with Gasteiger partial charge in [0.05, 0.1) is 17.7 Å². The molecule has 0 radical (unpaired) electrons. The quantitative estimate of drug-likeness (QED) is 0.684. The van der Waals surface area contributed by atoms with Gasteiger partial charge in [-0.1, -0.05) is 29.8 Å². The van der Waals surface area contributed by atoms with Gasteiger partial charge in [-0.3, -0.25) is 9.59 Å². The van der Waals surface area contributed by atoms with Gasteiger partial charge in [0.2, 0.25) is 0 Å². The van der Waals surface area contributed by atoms with Crippen LogP contribution >= 0.6 is 27.3 Å². The molecule has 0 aliphatic rings. The number of halogens is 1. The fraction of sp³-hybridized carbons (Fsp3) is 0.333. The maximum absolute atomic E-state index is 12.8. The monoisotopic (exact) mass is 424 g/mol. The first-order valence-corrected chi connectivity index (χ1v) is 9.65.